The number of rotatable bonds is 5. The van der Waals surface area contributed by atoms with Crippen LogP contribution in [0, 0.1) is 0 Å². The molecule has 1 heterocycles. The summed E-state index contributed by atoms with van der Waals surface area (Å²) in [5.74, 6) is -1.09. The van der Waals surface area contributed by atoms with Gasteiger partial charge in [-0.15, -0.1) is 11.3 Å². The third-order valence-electron chi connectivity index (χ3n) is 3.91. The van der Waals surface area contributed by atoms with Gasteiger partial charge in [-0.05, 0) is 71.6 Å². The lowest BCUT2D eigenvalue weighted by molar-refractivity contribution is 0.0699. The van der Waals surface area contributed by atoms with E-state index in [0.29, 0.717) is 40.2 Å². The van der Waals surface area contributed by atoms with Crippen molar-refractivity contribution < 1.29 is 19.4 Å². The second-order valence-corrected chi connectivity index (χ2v) is 9.45. The molecule has 0 saturated heterocycles. The van der Waals surface area contributed by atoms with Crippen molar-refractivity contribution in [3.05, 3.63) is 65.3 Å². The van der Waals surface area contributed by atoms with E-state index in [9.17, 15) is 14.7 Å². The largest absolute Gasteiger partial charge is 0.494 e. The van der Waals surface area contributed by atoms with Crippen molar-refractivity contribution in [2.45, 2.75) is 0 Å². The standard InChI is InChI=1S/C19H11Br3ClNO4S/c1-28-16-11(20)6-10(14(21)15(16)22)18(25)24-12-7-29-17(13(12)19(26)27)8-3-2-4-9(23)5-8/h2-7H,1H3,(H,24,25)(H,26,27). The Kier molecular flexibility index (Phi) is 7.06. The molecule has 29 heavy (non-hydrogen) atoms. The summed E-state index contributed by atoms with van der Waals surface area (Å²) in [6.45, 7) is 0. The minimum absolute atomic E-state index is 0.00776. The Morgan fingerprint density at radius 3 is 2.52 bits per heavy atom. The number of carboxylic acids is 1. The summed E-state index contributed by atoms with van der Waals surface area (Å²) in [6.07, 6.45) is 0. The predicted molar refractivity (Wildman–Crippen MR) is 126 cm³/mol. The summed E-state index contributed by atoms with van der Waals surface area (Å²) in [7, 11) is 1.51. The second-order valence-electron chi connectivity index (χ2n) is 5.69. The smallest absolute Gasteiger partial charge is 0.339 e. The summed E-state index contributed by atoms with van der Waals surface area (Å²) in [6, 6.07) is 8.49. The molecule has 0 aliphatic rings. The lowest BCUT2D eigenvalue weighted by atomic mass is 10.1. The minimum Gasteiger partial charge on any atom is -0.494 e. The van der Waals surface area contributed by atoms with E-state index < -0.39 is 11.9 Å². The summed E-state index contributed by atoms with van der Waals surface area (Å²) in [5, 5.41) is 14.5. The summed E-state index contributed by atoms with van der Waals surface area (Å²) < 4.78 is 6.89. The molecule has 0 bridgehead atoms. The van der Waals surface area contributed by atoms with Gasteiger partial charge >= 0.3 is 5.97 Å². The molecule has 0 aliphatic carbocycles. The number of aromatic carboxylic acids is 1. The van der Waals surface area contributed by atoms with Crippen molar-refractivity contribution in [2.75, 3.05) is 12.4 Å². The molecule has 10 heteroatoms. The van der Waals surface area contributed by atoms with Crippen molar-refractivity contribution in [1.82, 2.24) is 0 Å². The van der Waals surface area contributed by atoms with Gasteiger partial charge in [0.05, 0.1) is 32.2 Å². The first kappa shape index (κ1) is 22.3. The van der Waals surface area contributed by atoms with Crippen molar-refractivity contribution in [3.63, 3.8) is 0 Å². The van der Waals surface area contributed by atoms with Gasteiger partial charge in [-0.1, -0.05) is 23.7 Å². The van der Waals surface area contributed by atoms with Crippen LogP contribution in [0.5, 0.6) is 5.75 Å². The molecule has 150 valence electrons. The Morgan fingerprint density at radius 1 is 1.17 bits per heavy atom. The number of carboxylic acid groups (broad SMARTS) is 1. The average molecular weight is 625 g/mol. The number of anilines is 1. The normalized spacial score (nSPS) is 10.7. The number of hydrogen-bond acceptors (Lipinski definition) is 4. The molecule has 0 atom stereocenters. The van der Waals surface area contributed by atoms with E-state index in [1.165, 1.54) is 18.4 Å². The van der Waals surface area contributed by atoms with E-state index in [0.717, 1.165) is 0 Å². The molecule has 1 amide bonds. The van der Waals surface area contributed by atoms with Crippen LogP contribution >= 0.6 is 70.7 Å². The number of thiophene rings is 1. The third kappa shape index (κ3) is 4.54. The van der Waals surface area contributed by atoms with Crippen molar-refractivity contribution in [2.24, 2.45) is 0 Å². The zero-order valence-corrected chi connectivity index (χ0v) is 20.9. The van der Waals surface area contributed by atoms with Gasteiger partial charge in [0, 0.05) is 14.9 Å². The number of carbonyl (C=O) groups is 2. The highest BCUT2D eigenvalue weighted by molar-refractivity contribution is 9.13. The van der Waals surface area contributed by atoms with Gasteiger partial charge in [0.1, 0.15) is 11.3 Å². The SMILES string of the molecule is COc1c(Br)cc(C(=O)Nc2csc(-c3cccc(Cl)c3)c2C(=O)O)c(Br)c1Br. The number of amides is 1. The van der Waals surface area contributed by atoms with Crippen molar-refractivity contribution in [3.8, 4) is 16.2 Å². The number of ether oxygens (including phenoxy) is 1. The molecule has 0 fully saturated rings. The van der Waals surface area contributed by atoms with Crippen LogP contribution in [0.1, 0.15) is 20.7 Å². The highest BCUT2D eigenvalue weighted by atomic mass is 79.9. The molecule has 2 N–H and O–H groups in total. The molecule has 1 aromatic heterocycles. The topological polar surface area (TPSA) is 75.6 Å². The van der Waals surface area contributed by atoms with Gasteiger partial charge < -0.3 is 15.2 Å². The van der Waals surface area contributed by atoms with Gasteiger partial charge in [0.2, 0.25) is 0 Å². The van der Waals surface area contributed by atoms with Gasteiger partial charge in [-0.2, -0.15) is 0 Å². The fourth-order valence-corrected chi connectivity index (χ4v) is 5.72. The van der Waals surface area contributed by atoms with Crippen LogP contribution in [0.3, 0.4) is 0 Å². The molecule has 0 saturated carbocycles. The van der Waals surface area contributed by atoms with Crippen LogP contribution in [0.2, 0.25) is 5.02 Å². The van der Waals surface area contributed by atoms with Gasteiger partial charge in [-0.25, -0.2) is 4.79 Å². The fraction of sp³-hybridized carbons (Fsp3) is 0.0526. The highest BCUT2D eigenvalue weighted by Gasteiger charge is 2.24. The summed E-state index contributed by atoms with van der Waals surface area (Å²) >= 11 is 17.4. The number of nitrogens with one attached hydrogen (secondary N) is 1. The maximum absolute atomic E-state index is 12.9. The molecule has 5 nitrogen and oxygen atoms in total. The zero-order chi connectivity index (χ0) is 21.3. The maximum Gasteiger partial charge on any atom is 0.339 e. The zero-order valence-electron chi connectivity index (χ0n) is 14.6. The molecule has 3 rings (SSSR count). The van der Waals surface area contributed by atoms with Crippen LogP contribution in [-0.2, 0) is 0 Å². The Morgan fingerprint density at radius 2 is 1.90 bits per heavy atom. The maximum atomic E-state index is 12.9. The number of hydrogen-bond donors (Lipinski definition) is 2. The van der Waals surface area contributed by atoms with E-state index in [-0.39, 0.29) is 11.3 Å². The predicted octanol–water partition coefficient (Wildman–Crippen LogP) is 7.32. The Labute approximate surface area is 200 Å². The summed E-state index contributed by atoms with van der Waals surface area (Å²) in [5.41, 5.74) is 1.18. The average Bonchev–Trinajstić information content (AvgIpc) is 3.09. The highest BCUT2D eigenvalue weighted by Crippen LogP contribution is 2.42. The van der Waals surface area contributed by atoms with Crippen LogP contribution < -0.4 is 10.1 Å². The van der Waals surface area contributed by atoms with E-state index >= 15 is 0 Å². The molecule has 3 aromatic rings. The number of halogens is 4. The first-order valence-corrected chi connectivity index (χ1v) is 11.5. The van der Waals surface area contributed by atoms with Crippen LogP contribution in [0.4, 0.5) is 5.69 Å². The second kappa shape index (κ2) is 9.18. The van der Waals surface area contributed by atoms with Crippen LogP contribution in [0.15, 0.2) is 49.1 Å². The number of benzene rings is 2. The molecule has 0 spiro atoms. The molecule has 2 aromatic carbocycles. The summed E-state index contributed by atoms with van der Waals surface area (Å²) in [4.78, 5) is 25.3. The van der Waals surface area contributed by atoms with Crippen molar-refractivity contribution in [1.29, 1.82) is 0 Å². The van der Waals surface area contributed by atoms with Gasteiger partial charge in [0.25, 0.3) is 5.91 Å². The molecule has 0 aliphatic heterocycles. The Hall–Kier alpha value is -1.39. The fourth-order valence-electron chi connectivity index (χ4n) is 2.62. The molecular weight excluding hydrogens is 613 g/mol. The first-order chi connectivity index (χ1) is 13.7. The minimum atomic E-state index is -1.15. The number of methoxy groups -OCH3 is 1. The Balaban J connectivity index is 2.01. The molecule has 0 radical (unpaired) electrons. The lowest BCUT2D eigenvalue weighted by Crippen LogP contribution is -2.15. The first-order valence-electron chi connectivity index (χ1n) is 7.88. The van der Waals surface area contributed by atoms with E-state index in [1.807, 2.05) is 0 Å². The quantitative estimate of drug-likeness (QED) is 0.292. The lowest BCUT2D eigenvalue weighted by Gasteiger charge is -2.13. The van der Waals surface area contributed by atoms with Crippen LogP contribution in [0.25, 0.3) is 10.4 Å². The monoisotopic (exact) mass is 621 g/mol. The molecular formula is C19H11Br3ClNO4S. The van der Waals surface area contributed by atoms with Gasteiger partial charge in [-0.3, -0.25) is 4.79 Å². The third-order valence-corrected chi connectivity index (χ3v) is 7.87. The van der Waals surface area contributed by atoms with Crippen molar-refractivity contribution >= 4 is 88.3 Å². The number of carbonyl (C=O) groups excluding carboxylic acids is 1. The molecule has 0 unspecified atom stereocenters. The van der Waals surface area contributed by atoms with Gasteiger partial charge in [0.15, 0.2) is 0 Å². The van der Waals surface area contributed by atoms with Crippen LogP contribution in [-0.4, -0.2) is 24.1 Å². The van der Waals surface area contributed by atoms with E-state index in [2.05, 4.69) is 53.1 Å². The van der Waals surface area contributed by atoms with E-state index in [4.69, 9.17) is 16.3 Å². The Bertz CT molecular complexity index is 1130. The van der Waals surface area contributed by atoms with E-state index in [1.54, 1.807) is 35.7 Å².